The Balaban J connectivity index is 2.22. The van der Waals surface area contributed by atoms with E-state index in [1.54, 1.807) is 12.2 Å². The third-order valence-corrected chi connectivity index (χ3v) is 3.34. The Hall–Kier alpha value is -1.18. The molecule has 0 N–H and O–H groups in total. The van der Waals surface area contributed by atoms with Crippen LogP contribution in [0.1, 0.15) is 26.2 Å². The van der Waals surface area contributed by atoms with E-state index in [1.165, 1.54) is 0 Å². The molecule has 14 heavy (non-hydrogen) atoms. The van der Waals surface area contributed by atoms with E-state index in [1.807, 2.05) is 19.1 Å². The molecule has 1 saturated carbocycles. The number of rotatable bonds is 1. The van der Waals surface area contributed by atoms with Gasteiger partial charge < -0.3 is 4.79 Å². The standard InChI is InChI=1S/C12H14O2/c1-11(9-13)6-7-12(8-11)4-2-10(14)3-5-12/h2-5,9H,6-8H2,1H3/t11-/m1/s1. The van der Waals surface area contributed by atoms with Gasteiger partial charge in [0, 0.05) is 10.8 Å². The first-order valence-corrected chi connectivity index (χ1v) is 4.96. The van der Waals surface area contributed by atoms with Crippen molar-refractivity contribution in [3.8, 4) is 0 Å². The molecule has 2 heteroatoms. The predicted octanol–water partition coefficient (Wildman–Crippen LogP) is 2.06. The number of ketones is 1. The molecule has 2 rings (SSSR count). The summed E-state index contributed by atoms with van der Waals surface area (Å²) in [6.45, 7) is 1.99. The fourth-order valence-electron chi connectivity index (χ4n) is 2.44. The highest BCUT2D eigenvalue weighted by Gasteiger charge is 2.43. The molecule has 0 aliphatic heterocycles. The van der Waals surface area contributed by atoms with Gasteiger partial charge in [0.15, 0.2) is 5.78 Å². The smallest absolute Gasteiger partial charge is 0.178 e. The third-order valence-electron chi connectivity index (χ3n) is 3.34. The van der Waals surface area contributed by atoms with Crippen LogP contribution in [0.25, 0.3) is 0 Å². The quantitative estimate of drug-likeness (QED) is 0.593. The van der Waals surface area contributed by atoms with Crippen LogP contribution in [0.3, 0.4) is 0 Å². The number of carbonyl (C=O) groups excluding carboxylic acids is 2. The fraction of sp³-hybridized carbons (Fsp3) is 0.500. The Morgan fingerprint density at radius 1 is 1.29 bits per heavy atom. The van der Waals surface area contributed by atoms with Gasteiger partial charge in [0.05, 0.1) is 0 Å². The molecule has 1 atom stereocenters. The molecular formula is C12H14O2. The first-order chi connectivity index (χ1) is 6.58. The first-order valence-electron chi connectivity index (χ1n) is 4.96. The number of carbonyl (C=O) groups is 2. The minimum Gasteiger partial charge on any atom is -0.303 e. The Labute approximate surface area is 83.7 Å². The Bertz CT molecular complexity index is 322. The lowest BCUT2D eigenvalue weighted by Gasteiger charge is -2.24. The molecule has 0 radical (unpaired) electrons. The minimum absolute atomic E-state index is 0.0242. The van der Waals surface area contributed by atoms with Crippen molar-refractivity contribution in [3.05, 3.63) is 24.3 Å². The van der Waals surface area contributed by atoms with Gasteiger partial charge in [-0.05, 0) is 31.4 Å². The van der Waals surface area contributed by atoms with Gasteiger partial charge >= 0.3 is 0 Å². The first kappa shape index (κ1) is 9.38. The maximum atomic E-state index is 11.0. The SMILES string of the molecule is C[C@@]1(C=O)CCC2(C=CC(=O)C=C2)C1. The number of allylic oxidation sites excluding steroid dienone is 4. The summed E-state index contributed by atoms with van der Waals surface area (Å²) in [4.78, 5) is 21.9. The minimum atomic E-state index is -0.199. The maximum Gasteiger partial charge on any atom is 0.178 e. The lowest BCUT2D eigenvalue weighted by molar-refractivity contribution is -0.115. The highest BCUT2D eigenvalue weighted by molar-refractivity contribution is 6.00. The molecular weight excluding hydrogens is 176 g/mol. The van der Waals surface area contributed by atoms with Gasteiger partial charge in [-0.3, -0.25) is 4.79 Å². The second-order valence-electron chi connectivity index (χ2n) is 4.75. The number of aldehydes is 1. The average molecular weight is 190 g/mol. The summed E-state index contributed by atoms with van der Waals surface area (Å²) < 4.78 is 0. The lowest BCUT2D eigenvalue weighted by Crippen LogP contribution is -2.19. The van der Waals surface area contributed by atoms with Crippen molar-refractivity contribution in [1.29, 1.82) is 0 Å². The fourth-order valence-corrected chi connectivity index (χ4v) is 2.44. The van der Waals surface area contributed by atoms with Crippen LogP contribution in [0.2, 0.25) is 0 Å². The van der Waals surface area contributed by atoms with Gasteiger partial charge in [-0.1, -0.05) is 19.1 Å². The van der Waals surface area contributed by atoms with Crippen molar-refractivity contribution in [2.75, 3.05) is 0 Å². The largest absolute Gasteiger partial charge is 0.303 e. The average Bonchev–Trinajstić information content (AvgIpc) is 2.51. The van der Waals surface area contributed by atoms with E-state index in [0.717, 1.165) is 25.5 Å². The molecule has 1 fully saturated rings. The van der Waals surface area contributed by atoms with Gasteiger partial charge in [0.25, 0.3) is 0 Å². The zero-order chi connectivity index (χ0) is 10.2. The Morgan fingerprint density at radius 3 is 2.43 bits per heavy atom. The molecule has 0 aromatic rings. The van der Waals surface area contributed by atoms with E-state index < -0.39 is 0 Å². The highest BCUT2D eigenvalue weighted by Crippen LogP contribution is 2.50. The Kier molecular flexibility index (Phi) is 1.95. The molecule has 0 aromatic heterocycles. The van der Waals surface area contributed by atoms with Gasteiger partial charge in [-0.25, -0.2) is 0 Å². The van der Waals surface area contributed by atoms with Crippen molar-refractivity contribution in [2.24, 2.45) is 10.8 Å². The number of hydrogen-bond acceptors (Lipinski definition) is 2. The zero-order valence-electron chi connectivity index (χ0n) is 8.32. The second kappa shape index (κ2) is 2.91. The summed E-state index contributed by atoms with van der Waals surface area (Å²) in [5.41, 5.74) is -0.224. The van der Waals surface area contributed by atoms with E-state index in [0.29, 0.717) is 0 Å². The number of hydrogen-bond donors (Lipinski definition) is 0. The molecule has 2 aliphatic carbocycles. The molecule has 0 unspecified atom stereocenters. The monoisotopic (exact) mass is 190 g/mol. The van der Waals surface area contributed by atoms with E-state index in [-0.39, 0.29) is 16.6 Å². The van der Waals surface area contributed by atoms with Crippen LogP contribution in [0, 0.1) is 10.8 Å². The molecule has 0 aromatic carbocycles. The normalized spacial score (nSPS) is 33.9. The van der Waals surface area contributed by atoms with Crippen LogP contribution in [0.4, 0.5) is 0 Å². The third kappa shape index (κ3) is 1.45. The summed E-state index contributed by atoms with van der Waals surface area (Å²) in [6, 6.07) is 0. The molecule has 0 amide bonds. The summed E-state index contributed by atoms with van der Waals surface area (Å²) in [7, 11) is 0. The van der Waals surface area contributed by atoms with Crippen LogP contribution < -0.4 is 0 Å². The van der Waals surface area contributed by atoms with Crippen LogP contribution in [-0.4, -0.2) is 12.1 Å². The van der Waals surface area contributed by atoms with Crippen molar-refractivity contribution in [1.82, 2.24) is 0 Å². The van der Waals surface area contributed by atoms with Crippen LogP contribution >= 0.6 is 0 Å². The summed E-state index contributed by atoms with van der Waals surface area (Å²) in [6.07, 6.45) is 11.0. The van der Waals surface area contributed by atoms with Crippen LogP contribution in [0.5, 0.6) is 0 Å². The molecule has 2 aliphatic rings. The summed E-state index contributed by atoms with van der Waals surface area (Å²) >= 11 is 0. The Morgan fingerprint density at radius 2 is 1.93 bits per heavy atom. The molecule has 1 spiro atoms. The maximum absolute atomic E-state index is 11.0. The van der Waals surface area contributed by atoms with Crippen molar-refractivity contribution in [2.45, 2.75) is 26.2 Å². The zero-order valence-corrected chi connectivity index (χ0v) is 8.32. The predicted molar refractivity (Wildman–Crippen MR) is 53.7 cm³/mol. The molecule has 0 heterocycles. The molecule has 74 valence electrons. The van der Waals surface area contributed by atoms with Crippen molar-refractivity contribution in [3.63, 3.8) is 0 Å². The van der Waals surface area contributed by atoms with E-state index in [9.17, 15) is 9.59 Å². The van der Waals surface area contributed by atoms with Crippen molar-refractivity contribution < 1.29 is 9.59 Å². The lowest BCUT2D eigenvalue weighted by atomic mass is 9.79. The van der Waals surface area contributed by atoms with E-state index in [2.05, 4.69) is 0 Å². The molecule has 2 nitrogen and oxygen atoms in total. The highest BCUT2D eigenvalue weighted by atomic mass is 16.1. The second-order valence-corrected chi connectivity index (χ2v) is 4.75. The van der Waals surface area contributed by atoms with Crippen molar-refractivity contribution >= 4 is 12.1 Å². The van der Waals surface area contributed by atoms with Crippen LogP contribution in [0.15, 0.2) is 24.3 Å². The van der Waals surface area contributed by atoms with Gasteiger partial charge in [0.2, 0.25) is 0 Å². The summed E-state index contributed by atoms with van der Waals surface area (Å²) in [5.74, 6) is 0.0512. The molecule has 0 bridgehead atoms. The van der Waals surface area contributed by atoms with Gasteiger partial charge in [-0.2, -0.15) is 0 Å². The summed E-state index contributed by atoms with van der Waals surface area (Å²) in [5, 5.41) is 0. The van der Waals surface area contributed by atoms with Gasteiger partial charge in [-0.15, -0.1) is 0 Å². The van der Waals surface area contributed by atoms with E-state index in [4.69, 9.17) is 0 Å². The van der Waals surface area contributed by atoms with Crippen LogP contribution in [-0.2, 0) is 9.59 Å². The van der Waals surface area contributed by atoms with Gasteiger partial charge in [0.1, 0.15) is 6.29 Å². The topological polar surface area (TPSA) is 34.1 Å². The molecule has 0 saturated heterocycles. The van der Waals surface area contributed by atoms with E-state index >= 15 is 0 Å².